The van der Waals surface area contributed by atoms with Crippen molar-refractivity contribution in [1.82, 2.24) is 14.8 Å². The zero-order valence-corrected chi connectivity index (χ0v) is 20.8. The Morgan fingerprint density at radius 1 is 1.22 bits per heavy atom. The number of para-hydroxylation sites is 1. The molecule has 1 N–H and O–H groups in total. The zero-order chi connectivity index (χ0) is 25.6. The molecule has 0 spiro atoms. The summed E-state index contributed by atoms with van der Waals surface area (Å²) in [6, 6.07) is 14.7. The van der Waals surface area contributed by atoms with Gasteiger partial charge in [-0.2, -0.15) is 5.10 Å². The van der Waals surface area contributed by atoms with Crippen molar-refractivity contribution in [2.45, 2.75) is 57.7 Å². The highest BCUT2D eigenvalue weighted by Crippen LogP contribution is 2.37. The maximum Gasteiger partial charge on any atom is 0.163 e. The maximum absolute atomic E-state index is 14.4. The molecule has 37 heavy (non-hydrogen) atoms. The van der Waals surface area contributed by atoms with Gasteiger partial charge in [0.1, 0.15) is 11.3 Å². The lowest BCUT2D eigenvalue weighted by atomic mass is 9.75. The van der Waals surface area contributed by atoms with Gasteiger partial charge in [-0.15, -0.1) is 0 Å². The summed E-state index contributed by atoms with van der Waals surface area (Å²) in [5, 5.41) is 16.5. The average molecular weight is 497 g/mol. The highest BCUT2D eigenvalue weighted by molar-refractivity contribution is 6.16. The summed E-state index contributed by atoms with van der Waals surface area (Å²) in [6.07, 6.45) is 6.58. The van der Waals surface area contributed by atoms with Crippen molar-refractivity contribution in [3.05, 3.63) is 94.7 Å². The van der Waals surface area contributed by atoms with Crippen LogP contribution in [0, 0.1) is 18.7 Å². The Hall–Kier alpha value is -3.71. The van der Waals surface area contributed by atoms with Gasteiger partial charge >= 0.3 is 0 Å². The molecule has 1 fully saturated rings. The second kappa shape index (κ2) is 9.30. The van der Waals surface area contributed by atoms with Crippen molar-refractivity contribution in [1.29, 1.82) is 0 Å². The highest BCUT2D eigenvalue weighted by Gasteiger charge is 2.36. The van der Waals surface area contributed by atoms with Crippen LogP contribution in [0.5, 0.6) is 0 Å². The van der Waals surface area contributed by atoms with Crippen molar-refractivity contribution in [2.75, 3.05) is 0 Å². The summed E-state index contributed by atoms with van der Waals surface area (Å²) < 4.78 is 16.0. The van der Waals surface area contributed by atoms with Gasteiger partial charge in [-0.25, -0.2) is 4.39 Å². The van der Waals surface area contributed by atoms with Crippen LogP contribution in [-0.2, 0) is 13.1 Å². The van der Waals surface area contributed by atoms with Crippen molar-refractivity contribution < 1.29 is 14.3 Å². The molecular formula is C30H29FN4O2. The van der Waals surface area contributed by atoms with Gasteiger partial charge in [0.2, 0.25) is 0 Å². The third kappa shape index (κ3) is 4.60. The number of benzene rings is 2. The van der Waals surface area contributed by atoms with Gasteiger partial charge in [-0.1, -0.05) is 30.7 Å². The second-order valence-corrected chi connectivity index (χ2v) is 10.5. The van der Waals surface area contributed by atoms with Gasteiger partial charge in [0, 0.05) is 40.4 Å². The average Bonchev–Trinajstić information content (AvgIpc) is 3.48. The highest BCUT2D eigenvalue weighted by atomic mass is 19.1. The molecule has 0 saturated heterocycles. The van der Waals surface area contributed by atoms with Crippen molar-refractivity contribution in [2.24, 2.45) is 10.9 Å². The molecular weight excluding hydrogens is 467 g/mol. The number of fused-ring (bicyclic) bond motifs is 2. The fourth-order valence-electron chi connectivity index (χ4n) is 5.95. The topological polar surface area (TPSA) is 80.4 Å². The number of aliphatic hydroxyl groups is 1. The monoisotopic (exact) mass is 496 g/mol. The molecule has 6 rings (SSSR count). The Balaban J connectivity index is 1.18. The number of halogens is 1. The lowest BCUT2D eigenvalue weighted by Crippen LogP contribution is -2.40. The molecule has 188 valence electrons. The number of aromatic nitrogens is 3. The van der Waals surface area contributed by atoms with Crippen LogP contribution >= 0.6 is 0 Å². The molecule has 0 radical (unpaired) electrons. The molecule has 4 aromatic rings. The van der Waals surface area contributed by atoms with Crippen LogP contribution < -0.4 is 0 Å². The number of aryl methyl sites for hydroxylation is 1. The van der Waals surface area contributed by atoms with Crippen LogP contribution in [0.1, 0.15) is 64.8 Å². The van der Waals surface area contributed by atoms with Crippen molar-refractivity contribution >= 4 is 22.4 Å². The number of hydrogen-bond acceptors (Lipinski definition) is 5. The number of pyridine rings is 1. The molecule has 0 unspecified atom stereocenters. The second-order valence-electron chi connectivity index (χ2n) is 10.5. The van der Waals surface area contributed by atoms with Gasteiger partial charge in [-0.3, -0.25) is 19.5 Å². The number of carbonyl (C=O) groups is 1. The Morgan fingerprint density at radius 2 is 2.11 bits per heavy atom. The summed E-state index contributed by atoms with van der Waals surface area (Å²) in [5.74, 6) is -0.213. The van der Waals surface area contributed by atoms with E-state index in [2.05, 4.69) is 10.1 Å². The zero-order valence-electron chi connectivity index (χ0n) is 20.8. The normalized spacial score (nSPS) is 21.2. The van der Waals surface area contributed by atoms with E-state index in [1.54, 1.807) is 23.1 Å². The van der Waals surface area contributed by atoms with Crippen LogP contribution in [0.15, 0.2) is 65.9 Å². The van der Waals surface area contributed by atoms with E-state index in [1.807, 2.05) is 43.3 Å². The van der Waals surface area contributed by atoms with Gasteiger partial charge in [0.05, 0.1) is 30.6 Å². The Morgan fingerprint density at radius 3 is 2.97 bits per heavy atom. The minimum Gasteiger partial charge on any atom is -0.388 e. The maximum atomic E-state index is 14.4. The van der Waals surface area contributed by atoms with Crippen LogP contribution in [0.3, 0.4) is 0 Å². The van der Waals surface area contributed by atoms with Gasteiger partial charge < -0.3 is 5.11 Å². The molecule has 1 saturated carbocycles. The minimum atomic E-state index is -1.03. The third-order valence-corrected chi connectivity index (χ3v) is 7.72. The Bertz CT molecular complexity index is 1540. The van der Waals surface area contributed by atoms with E-state index < -0.39 is 5.60 Å². The number of ketones is 1. The summed E-state index contributed by atoms with van der Waals surface area (Å²) in [6.45, 7) is 2.78. The van der Waals surface area contributed by atoms with Crippen LogP contribution in [-0.4, -0.2) is 37.0 Å². The first kappa shape index (κ1) is 23.7. The van der Waals surface area contributed by atoms with Crippen molar-refractivity contribution in [3.8, 4) is 0 Å². The largest absolute Gasteiger partial charge is 0.388 e. The van der Waals surface area contributed by atoms with E-state index in [9.17, 15) is 14.3 Å². The molecule has 2 aromatic carbocycles. The first-order chi connectivity index (χ1) is 17.9. The van der Waals surface area contributed by atoms with Crippen LogP contribution in [0.4, 0.5) is 4.39 Å². The fraction of sp³-hybridized carbons (Fsp3) is 0.333. The van der Waals surface area contributed by atoms with E-state index >= 15 is 0 Å². The van der Waals surface area contributed by atoms with Crippen LogP contribution in [0.25, 0.3) is 10.9 Å². The minimum absolute atomic E-state index is 0.0576. The third-order valence-electron chi connectivity index (χ3n) is 7.72. The van der Waals surface area contributed by atoms with Gasteiger partial charge in [-0.05, 0) is 61.9 Å². The van der Waals surface area contributed by atoms with Crippen LogP contribution in [0.2, 0.25) is 0 Å². The number of carbonyl (C=O) groups excluding carboxylic acids is 1. The lowest BCUT2D eigenvalue weighted by molar-refractivity contribution is -0.0318. The quantitative estimate of drug-likeness (QED) is 0.361. The number of Topliss-reactive ketones (excluding diaryl/α,β-unsaturated/α-hetero) is 1. The van der Waals surface area contributed by atoms with Crippen molar-refractivity contribution in [3.63, 3.8) is 0 Å². The first-order valence-corrected chi connectivity index (χ1v) is 12.8. The fourth-order valence-corrected chi connectivity index (χ4v) is 5.95. The lowest BCUT2D eigenvalue weighted by Gasteiger charge is -2.36. The van der Waals surface area contributed by atoms with E-state index in [0.717, 1.165) is 40.9 Å². The summed E-state index contributed by atoms with van der Waals surface area (Å²) in [7, 11) is 0. The number of nitrogens with zero attached hydrogens (tertiary/aromatic N) is 4. The first-order valence-electron chi connectivity index (χ1n) is 12.8. The van der Waals surface area contributed by atoms with E-state index in [4.69, 9.17) is 4.99 Å². The number of hydrogen-bond donors (Lipinski definition) is 1. The van der Waals surface area contributed by atoms with E-state index in [0.29, 0.717) is 42.3 Å². The summed E-state index contributed by atoms with van der Waals surface area (Å²) in [5.41, 5.74) is 5.02. The standard InChI is InChI=1S/C30H29FN4O2/c1-19-12-22(9-11-32-19)28-25-14-21(7-8-23(25)16-33-28)27(36)13-20-4-3-10-30(37,15-20)18-35-29-24(17-34-35)5-2-6-26(29)31/h2,5-9,11-12,14,17,20,37H,3-4,10,13,15-16,18H2,1H3/t20-,30+/m1/s1. The molecule has 1 aliphatic heterocycles. The molecule has 2 aromatic heterocycles. The molecule has 7 heteroatoms. The smallest absolute Gasteiger partial charge is 0.163 e. The molecule has 0 bridgehead atoms. The number of rotatable bonds is 6. The molecule has 3 heterocycles. The van der Waals surface area contributed by atoms with Gasteiger partial charge in [0.25, 0.3) is 0 Å². The predicted molar refractivity (Wildman–Crippen MR) is 140 cm³/mol. The summed E-state index contributed by atoms with van der Waals surface area (Å²) >= 11 is 0. The molecule has 6 nitrogen and oxygen atoms in total. The predicted octanol–water partition coefficient (Wildman–Crippen LogP) is 5.42. The van der Waals surface area contributed by atoms with E-state index in [1.165, 1.54) is 6.07 Å². The Kier molecular flexibility index (Phi) is 5.95. The van der Waals surface area contributed by atoms with E-state index in [-0.39, 0.29) is 24.1 Å². The molecule has 0 amide bonds. The molecule has 2 atom stereocenters. The van der Waals surface area contributed by atoms with Gasteiger partial charge in [0.15, 0.2) is 5.78 Å². The number of aliphatic imine (C=N–C) groups is 1. The SMILES string of the molecule is Cc1cc(C2=NCc3ccc(C(=O)C[C@H]4CCC[C@@](O)(Cn5ncc6cccc(F)c65)C4)cc32)ccn1. The Labute approximate surface area is 214 Å². The summed E-state index contributed by atoms with van der Waals surface area (Å²) in [4.78, 5) is 22.4. The molecule has 2 aliphatic rings. The molecule has 1 aliphatic carbocycles.